The Morgan fingerprint density at radius 3 is 2.80 bits per heavy atom. The Kier molecular flexibility index (Phi) is 3.42. The highest BCUT2D eigenvalue weighted by atomic mass is 32.1. The Hall–Kier alpha value is -1.20. The zero-order valence-electron chi connectivity index (χ0n) is 12.3. The molecule has 3 heterocycles. The van der Waals surface area contributed by atoms with E-state index in [1.807, 2.05) is 0 Å². The maximum Gasteiger partial charge on any atom is 0.156 e. The van der Waals surface area contributed by atoms with Crippen molar-refractivity contribution < 1.29 is 0 Å². The van der Waals surface area contributed by atoms with Gasteiger partial charge in [-0.25, -0.2) is 9.67 Å². The molecular weight excluding hydrogens is 268 g/mol. The van der Waals surface area contributed by atoms with Gasteiger partial charge in [0.1, 0.15) is 5.82 Å². The second-order valence-corrected chi connectivity index (χ2v) is 7.51. The summed E-state index contributed by atoms with van der Waals surface area (Å²) in [7, 11) is 0. The first-order valence-electron chi connectivity index (χ1n) is 7.21. The van der Waals surface area contributed by atoms with Gasteiger partial charge >= 0.3 is 0 Å². The summed E-state index contributed by atoms with van der Waals surface area (Å²) >= 11 is 1.80. The molecule has 1 aliphatic rings. The van der Waals surface area contributed by atoms with Gasteiger partial charge < -0.3 is 5.73 Å². The summed E-state index contributed by atoms with van der Waals surface area (Å²) in [4.78, 5) is 6.18. The van der Waals surface area contributed by atoms with E-state index in [-0.39, 0.29) is 5.41 Å². The summed E-state index contributed by atoms with van der Waals surface area (Å²) in [5, 5.41) is 6.94. The molecule has 0 amide bonds. The fraction of sp³-hybridized carbons (Fsp3) is 0.600. The molecule has 0 bridgehead atoms. The van der Waals surface area contributed by atoms with Crippen molar-refractivity contribution in [3.8, 4) is 0 Å². The average Bonchev–Trinajstić information content (AvgIpc) is 3.05. The van der Waals surface area contributed by atoms with Gasteiger partial charge in [-0.2, -0.15) is 5.10 Å². The predicted octanol–water partition coefficient (Wildman–Crippen LogP) is 3.06. The van der Waals surface area contributed by atoms with Crippen molar-refractivity contribution in [1.82, 2.24) is 14.8 Å². The molecule has 20 heavy (non-hydrogen) atoms. The molecule has 2 aromatic heterocycles. The van der Waals surface area contributed by atoms with Crippen molar-refractivity contribution >= 4 is 11.3 Å². The van der Waals surface area contributed by atoms with Gasteiger partial charge in [-0.05, 0) is 24.3 Å². The van der Waals surface area contributed by atoms with Gasteiger partial charge in [-0.1, -0.05) is 26.8 Å². The van der Waals surface area contributed by atoms with Gasteiger partial charge in [0.15, 0.2) is 5.82 Å². The highest BCUT2D eigenvalue weighted by Gasteiger charge is 2.33. The fourth-order valence-electron chi connectivity index (χ4n) is 2.74. The first-order valence-corrected chi connectivity index (χ1v) is 8.09. The summed E-state index contributed by atoms with van der Waals surface area (Å²) in [6, 6.07) is 4.63. The second-order valence-electron chi connectivity index (χ2n) is 6.53. The van der Waals surface area contributed by atoms with Gasteiger partial charge in [0.2, 0.25) is 0 Å². The molecule has 0 saturated carbocycles. The lowest BCUT2D eigenvalue weighted by molar-refractivity contribution is 0.370. The third-order valence-corrected chi connectivity index (χ3v) is 4.91. The topological polar surface area (TPSA) is 56.7 Å². The summed E-state index contributed by atoms with van der Waals surface area (Å²) in [6.07, 6.45) is 2.20. The minimum absolute atomic E-state index is 0.0243. The van der Waals surface area contributed by atoms with Gasteiger partial charge in [-0.15, -0.1) is 11.3 Å². The molecule has 1 aliphatic heterocycles. The van der Waals surface area contributed by atoms with E-state index in [1.165, 1.54) is 4.88 Å². The number of nitrogens with two attached hydrogens (primary N) is 1. The van der Waals surface area contributed by atoms with Crippen LogP contribution in [0, 0.1) is 0 Å². The SMILES string of the molecule is CC(C)(C)c1nc2n(n1)C(c1cccs1)CCC2CN. The average molecular weight is 290 g/mol. The lowest BCUT2D eigenvalue weighted by atomic mass is 9.93. The first-order chi connectivity index (χ1) is 9.50. The number of aromatic nitrogens is 3. The normalized spacial score (nSPS) is 22.8. The Morgan fingerprint density at radius 2 is 2.20 bits per heavy atom. The van der Waals surface area contributed by atoms with Crippen molar-refractivity contribution in [3.05, 3.63) is 34.0 Å². The monoisotopic (exact) mass is 290 g/mol. The number of fused-ring (bicyclic) bond motifs is 1. The van der Waals surface area contributed by atoms with E-state index in [0.29, 0.717) is 18.5 Å². The maximum absolute atomic E-state index is 5.92. The van der Waals surface area contributed by atoms with Gasteiger partial charge in [0.25, 0.3) is 0 Å². The van der Waals surface area contributed by atoms with E-state index >= 15 is 0 Å². The van der Waals surface area contributed by atoms with E-state index < -0.39 is 0 Å². The number of rotatable bonds is 2. The van der Waals surface area contributed by atoms with Crippen molar-refractivity contribution in [1.29, 1.82) is 0 Å². The van der Waals surface area contributed by atoms with E-state index in [1.54, 1.807) is 11.3 Å². The van der Waals surface area contributed by atoms with Crippen molar-refractivity contribution in [3.63, 3.8) is 0 Å². The molecule has 0 saturated heterocycles. The quantitative estimate of drug-likeness (QED) is 0.924. The Morgan fingerprint density at radius 1 is 1.40 bits per heavy atom. The van der Waals surface area contributed by atoms with E-state index in [2.05, 4.69) is 43.0 Å². The number of hydrogen-bond donors (Lipinski definition) is 1. The highest BCUT2D eigenvalue weighted by Crippen LogP contribution is 2.38. The summed E-state index contributed by atoms with van der Waals surface area (Å²) < 4.78 is 2.13. The highest BCUT2D eigenvalue weighted by molar-refractivity contribution is 7.10. The molecular formula is C15H22N4S. The van der Waals surface area contributed by atoms with E-state index in [4.69, 9.17) is 15.8 Å². The van der Waals surface area contributed by atoms with Crippen LogP contribution in [0.2, 0.25) is 0 Å². The summed E-state index contributed by atoms with van der Waals surface area (Å²) in [5.74, 6) is 2.34. The van der Waals surface area contributed by atoms with E-state index in [0.717, 1.165) is 24.5 Å². The zero-order chi connectivity index (χ0) is 14.3. The van der Waals surface area contributed by atoms with Crippen LogP contribution in [-0.2, 0) is 5.41 Å². The molecule has 3 rings (SSSR count). The fourth-order valence-corrected chi connectivity index (χ4v) is 3.58. The third-order valence-electron chi connectivity index (χ3n) is 3.93. The molecule has 0 aromatic carbocycles. The van der Waals surface area contributed by atoms with Crippen LogP contribution in [0.4, 0.5) is 0 Å². The largest absolute Gasteiger partial charge is 0.330 e. The van der Waals surface area contributed by atoms with Crippen LogP contribution in [0.1, 0.15) is 62.1 Å². The van der Waals surface area contributed by atoms with Crippen LogP contribution in [-0.4, -0.2) is 21.3 Å². The number of thiophene rings is 1. The summed E-state index contributed by atoms with van der Waals surface area (Å²) in [5.41, 5.74) is 5.90. The molecule has 0 fully saturated rings. The van der Waals surface area contributed by atoms with Gasteiger partial charge in [0, 0.05) is 22.8 Å². The molecule has 0 radical (unpaired) electrons. The van der Waals surface area contributed by atoms with Crippen LogP contribution in [0.3, 0.4) is 0 Å². The van der Waals surface area contributed by atoms with Crippen molar-refractivity contribution in [2.24, 2.45) is 5.73 Å². The van der Waals surface area contributed by atoms with Crippen LogP contribution >= 0.6 is 11.3 Å². The third kappa shape index (κ3) is 2.29. The smallest absolute Gasteiger partial charge is 0.156 e. The zero-order valence-corrected chi connectivity index (χ0v) is 13.2. The minimum Gasteiger partial charge on any atom is -0.330 e. The Labute approximate surface area is 124 Å². The lowest BCUT2D eigenvalue weighted by Gasteiger charge is -2.27. The van der Waals surface area contributed by atoms with E-state index in [9.17, 15) is 0 Å². The second kappa shape index (κ2) is 4.97. The van der Waals surface area contributed by atoms with Crippen LogP contribution in [0.15, 0.2) is 17.5 Å². The summed E-state index contributed by atoms with van der Waals surface area (Å²) in [6.45, 7) is 7.13. The number of hydrogen-bond acceptors (Lipinski definition) is 4. The molecule has 2 atom stereocenters. The molecule has 0 spiro atoms. The predicted molar refractivity (Wildman–Crippen MR) is 82.2 cm³/mol. The standard InChI is InChI=1S/C15H22N4S/c1-15(2,3)14-17-13-10(9-16)6-7-11(19(13)18-14)12-5-4-8-20-12/h4-5,8,10-11H,6-7,9,16H2,1-3H3. The first kappa shape index (κ1) is 13.8. The molecule has 2 N–H and O–H groups in total. The van der Waals surface area contributed by atoms with Crippen molar-refractivity contribution in [2.45, 2.75) is 51.0 Å². The molecule has 5 heteroatoms. The lowest BCUT2D eigenvalue weighted by Crippen LogP contribution is -2.27. The Bertz CT molecular complexity index is 580. The molecule has 108 valence electrons. The van der Waals surface area contributed by atoms with Gasteiger partial charge in [0.05, 0.1) is 6.04 Å². The Balaban J connectivity index is 2.07. The van der Waals surface area contributed by atoms with Crippen LogP contribution in [0.25, 0.3) is 0 Å². The number of nitrogens with zero attached hydrogens (tertiary/aromatic N) is 3. The van der Waals surface area contributed by atoms with Crippen LogP contribution < -0.4 is 5.73 Å². The molecule has 2 unspecified atom stereocenters. The van der Waals surface area contributed by atoms with Crippen LogP contribution in [0.5, 0.6) is 0 Å². The van der Waals surface area contributed by atoms with Gasteiger partial charge in [-0.3, -0.25) is 0 Å². The maximum atomic E-state index is 5.92. The molecule has 4 nitrogen and oxygen atoms in total. The minimum atomic E-state index is -0.0243. The molecule has 2 aromatic rings. The molecule has 0 aliphatic carbocycles. The van der Waals surface area contributed by atoms with Crippen molar-refractivity contribution in [2.75, 3.05) is 6.54 Å².